The zero-order valence-corrected chi connectivity index (χ0v) is 4.27. The summed E-state index contributed by atoms with van der Waals surface area (Å²) in [6.45, 7) is 0.465. The molecule has 1 N–H and O–H groups in total. The highest BCUT2D eigenvalue weighted by molar-refractivity contribution is 4.66. The number of rotatable bonds is 3. The third-order valence-corrected chi connectivity index (χ3v) is 0.460. The highest BCUT2D eigenvalue weighted by Crippen LogP contribution is 1.71. The molecule has 0 aliphatic heterocycles. The van der Waals surface area contributed by atoms with Crippen LogP contribution in [0.5, 0.6) is 0 Å². The van der Waals surface area contributed by atoms with Gasteiger partial charge in [-0.3, -0.25) is 0 Å². The van der Waals surface area contributed by atoms with Crippen molar-refractivity contribution in [2.24, 2.45) is 0 Å². The van der Waals surface area contributed by atoms with E-state index in [1.165, 1.54) is 0 Å². The van der Waals surface area contributed by atoms with E-state index >= 15 is 0 Å². The second-order valence-corrected chi connectivity index (χ2v) is 0.961. The van der Waals surface area contributed by atoms with Crippen LogP contribution in [0.2, 0.25) is 0 Å². The average Bonchev–Trinajstić information content (AvgIpc) is 1.69. The van der Waals surface area contributed by atoms with Crippen molar-refractivity contribution < 1.29 is 4.84 Å². The van der Waals surface area contributed by atoms with Gasteiger partial charge in [0.1, 0.15) is 0 Å². The Balaban J connectivity index is 2.60. The van der Waals surface area contributed by atoms with E-state index in [9.17, 15) is 0 Å². The van der Waals surface area contributed by atoms with Crippen molar-refractivity contribution in [3.05, 3.63) is 0 Å². The zero-order chi connectivity index (χ0) is 5.54. The molecule has 0 amide bonds. The van der Waals surface area contributed by atoms with Crippen LogP contribution in [0.1, 0.15) is 6.42 Å². The van der Waals surface area contributed by atoms with Crippen LogP contribution in [0.4, 0.5) is 0 Å². The van der Waals surface area contributed by atoms with Crippen molar-refractivity contribution in [2.75, 3.05) is 13.7 Å². The van der Waals surface area contributed by atoms with Crippen LogP contribution < -0.4 is 5.48 Å². The summed E-state index contributed by atoms with van der Waals surface area (Å²) < 4.78 is 0. The van der Waals surface area contributed by atoms with E-state index in [0.717, 1.165) is 0 Å². The van der Waals surface area contributed by atoms with E-state index in [1.54, 1.807) is 7.05 Å². The van der Waals surface area contributed by atoms with Gasteiger partial charge in [0, 0.05) is 7.05 Å². The van der Waals surface area contributed by atoms with Gasteiger partial charge in [-0.2, -0.15) is 5.26 Å². The Hall–Kier alpha value is -0.590. The first-order valence-corrected chi connectivity index (χ1v) is 2.07. The Bertz CT molecular complexity index is 66.6. The maximum atomic E-state index is 7.94. The maximum Gasteiger partial charge on any atom is 0.0812 e. The largest absolute Gasteiger partial charge is 0.301 e. The van der Waals surface area contributed by atoms with Crippen molar-refractivity contribution in [3.8, 4) is 6.07 Å². The summed E-state index contributed by atoms with van der Waals surface area (Å²) >= 11 is 0. The van der Waals surface area contributed by atoms with Crippen molar-refractivity contribution in [3.63, 3.8) is 0 Å². The van der Waals surface area contributed by atoms with Crippen molar-refractivity contribution in [2.45, 2.75) is 6.42 Å². The Kier molecular flexibility index (Phi) is 4.95. The van der Waals surface area contributed by atoms with Gasteiger partial charge in [0.2, 0.25) is 0 Å². The topological polar surface area (TPSA) is 45.0 Å². The summed E-state index contributed by atoms with van der Waals surface area (Å²) in [5, 5.41) is 7.94. The van der Waals surface area contributed by atoms with Crippen molar-refractivity contribution in [1.82, 2.24) is 5.48 Å². The van der Waals surface area contributed by atoms with Gasteiger partial charge in [0.15, 0.2) is 0 Å². The minimum Gasteiger partial charge on any atom is -0.301 e. The van der Waals surface area contributed by atoms with Gasteiger partial charge < -0.3 is 4.84 Å². The molecule has 3 nitrogen and oxygen atoms in total. The van der Waals surface area contributed by atoms with E-state index < -0.39 is 0 Å². The standard InChI is InChI=1S/C4H8N2O/c1-6-7-4-2-3-5/h6H,2,4H2,1H3. The fourth-order valence-electron chi connectivity index (χ4n) is 0.199. The molecule has 0 bridgehead atoms. The van der Waals surface area contributed by atoms with Gasteiger partial charge in [-0.1, -0.05) is 0 Å². The lowest BCUT2D eigenvalue weighted by Crippen LogP contribution is -2.07. The predicted octanol–water partition coefficient (Wildman–Crippen LogP) is 0.0511. The van der Waals surface area contributed by atoms with Crippen LogP contribution in [-0.2, 0) is 4.84 Å². The van der Waals surface area contributed by atoms with Crippen LogP contribution in [-0.4, -0.2) is 13.7 Å². The second-order valence-electron chi connectivity index (χ2n) is 0.961. The third-order valence-electron chi connectivity index (χ3n) is 0.460. The lowest BCUT2D eigenvalue weighted by Gasteiger charge is -1.91. The molecule has 0 rings (SSSR count). The van der Waals surface area contributed by atoms with E-state index in [4.69, 9.17) is 5.26 Å². The molecule has 0 aliphatic carbocycles. The lowest BCUT2D eigenvalue weighted by atomic mass is 10.5. The molecule has 0 aromatic heterocycles. The summed E-state index contributed by atoms with van der Waals surface area (Å²) in [5.74, 6) is 0. The lowest BCUT2D eigenvalue weighted by molar-refractivity contribution is 0.0623. The van der Waals surface area contributed by atoms with E-state index in [-0.39, 0.29) is 0 Å². The minimum atomic E-state index is 0.445. The summed E-state index contributed by atoms with van der Waals surface area (Å²) in [6.07, 6.45) is 0.445. The van der Waals surface area contributed by atoms with Crippen LogP contribution in [0, 0.1) is 11.3 Å². The first kappa shape index (κ1) is 6.41. The number of nitrogens with zero attached hydrogens (tertiary/aromatic N) is 1. The SMILES string of the molecule is CNOCCC#N. The molecule has 0 aliphatic rings. The monoisotopic (exact) mass is 100 g/mol. The minimum absolute atomic E-state index is 0.445. The molecule has 0 spiro atoms. The Labute approximate surface area is 42.8 Å². The maximum absolute atomic E-state index is 7.94. The average molecular weight is 100 g/mol. The molecule has 3 heteroatoms. The summed E-state index contributed by atoms with van der Waals surface area (Å²) in [5.41, 5.74) is 2.45. The Morgan fingerprint density at radius 3 is 3.00 bits per heavy atom. The quantitative estimate of drug-likeness (QED) is 0.402. The number of hydrogen-bond acceptors (Lipinski definition) is 3. The summed E-state index contributed by atoms with van der Waals surface area (Å²) in [6, 6.07) is 1.94. The predicted molar refractivity (Wildman–Crippen MR) is 25.2 cm³/mol. The van der Waals surface area contributed by atoms with Gasteiger partial charge in [0.25, 0.3) is 0 Å². The molecular weight excluding hydrogens is 92.1 g/mol. The van der Waals surface area contributed by atoms with Crippen LogP contribution in [0.15, 0.2) is 0 Å². The Morgan fingerprint density at radius 1 is 1.86 bits per heavy atom. The van der Waals surface area contributed by atoms with E-state index in [2.05, 4.69) is 10.3 Å². The second kappa shape index (κ2) is 5.41. The molecule has 7 heavy (non-hydrogen) atoms. The van der Waals surface area contributed by atoms with Gasteiger partial charge in [-0.15, -0.1) is 0 Å². The first-order valence-electron chi connectivity index (χ1n) is 2.07. The van der Waals surface area contributed by atoms with Gasteiger partial charge in [0.05, 0.1) is 19.1 Å². The highest BCUT2D eigenvalue weighted by Gasteiger charge is 1.77. The molecule has 0 saturated carbocycles. The third kappa shape index (κ3) is 5.41. The van der Waals surface area contributed by atoms with Gasteiger partial charge >= 0.3 is 0 Å². The summed E-state index contributed by atoms with van der Waals surface area (Å²) in [7, 11) is 1.66. The van der Waals surface area contributed by atoms with Crippen LogP contribution in [0.3, 0.4) is 0 Å². The molecular formula is C4H8N2O. The molecule has 0 fully saturated rings. The van der Waals surface area contributed by atoms with Crippen molar-refractivity contribution in [1.29, 1.82) is 5.26 Å². The molecule has 0 aromatic carbocycles. The molecule has 0 unspecified atom stereocenters. The molecule has 0 saturated heterocycles. The summed E-state index contributed by atoms with van der Waals surface area (Å²) in [4.78, 5) is 4.60. The first-order chi connectivity index (χ1) is 3.41. The fourth-order valence-corrected chi connectivity index (χ4v) is 0.199. The van der Waals surface area contributed by atoms with Gasteiger partial charge in [-0.25, -0.2) is 5.48 Å². The van der Waals surface area contributed by atoms with Crippen LogP contribution >= 0.6 is 0 Å². The van der Waals surface area contributed by atoms with Gasteiger partial charge in [-0.05, 0) is 0 Å². The number of nitrogens with one attached hydrogen (secondary N) is 1. The van der Waals surface area contributed by atoms with E-state index in [1.807, 2.05) is 6.07 Å². The molecule has 0 radical (unpaired) electrons. The number of hydrogen-bond donors (Lipinski definition) is 1. The molecule has 40 valence electrons. The number of nitriles is 1. The smallest absolute Gasteiger partial charge is 0.0812 e. The molecule has 0 aromatic rings. The highest BCUT2D eigenvalue weighted by atomic mass is 16.6. The van der Waals surface area contributed by atoms with Crippen LogP contribution in [0.25, 0.3) is 0 Å². The van der Waals surface area contributed by atoms with E-state index in [0.29, 0.717) is 13.0 Å². The molecule has 0 atom stereocenters. The zero-order valence-electron chi connectivity index (χ0n) is 4.27. The normalized spacial score (nSPS) is 8.00. The number of hydroxylamine groups is 1. The Morgan fingerprint density at radius 2 is 2.57 bits per heavy atom. The van der Waals surface area contributed by atoms with Crippen molar-refractivity contribution >= 4 is 0 Å². The fraction of sp³-hybridized carbons (Fsp3) is 0.750. The molecule has 0 heterocycles.